The molecule has 290 valence electrons. The molecule has 0 spiro atoms. The van der Waals surface area contributed by atoms with Crippen LogP contribution < -0.4 is 0 Å². The number of aryl methyl sites for hydroxylation is 1. The van der Waals surface area contributed by atoms with Crippen LogP contribution in [0.2, 0.25) is 0 Å². The van der Waals surface area contributed by atoms with Crippen molar-refractivity contribution < 1.29 is 0 Å². The lowest BCUT2D eigenvalue weighted by atomic mass is 9.82. The van der Waals surface area contributed by atoms with Gasteiger partial charge in [0.1, 0.15) is 0 Å². The van der Waals surface area contributed by atoms with Crippen LogP contribution >= 0.6 is 0 Å². The Bertz CT molecular complexity index is 2550. The van der Waals surface area contributed by atoms with Crippen LogP contribution in [0.4, 0.5) is 0 Å². The molecular weight excluding hydrogens is 703 g/mol. The molecule has 0 fully saturated rings. The van der Waals surface area contributed by atoms with Crippen molar-refractivity contribution in [3.63, 3.8) is 0 Å². The van der Waals surface area contributed by atoms with E-state index in [0.717, 1.165) is 67.2 Å². The van der Waals surface area contributed by atoms with Crippen LogP contribution in [0.1, 0.15) is 72.2 Å². The van der Waals surface area contributed by atoms with E-state index in [1.165, 1.54) is 22.3 Å². The first-order valence-corrected chi connectivity index (χ1v) is 20.8. The molecule has 58 heavy (non-hydrogen) atoms. The molecule has 0 N–H and O–H groups in total. The molecule has 1 aliphatic carbocycles. The predicted octanol–water partition coefficient (Wildman–Crippen LogP) is 15.6. The molecule has 1 aliphatic rings. The minimum atomic E-state index is -0.0537. The van der Waals surface area contributed by atoms with Crippen LogP contribution in [0, 0.1) is 6.92 Å². The van der Waals surface area contributed by atoms with Gasteiger partial charge in [0, 0.05) is 39.6 Å². The van der Waals surface area contributed by atoms with Crippen molar-refractivity contribution in [3.8, 4) is 78.4 Å². The van der Waals surface area contributed by atoms with E-state index in [1.807, 2.05) is 65.9 Å². The fourth-order valence-corrected chi connectivity index (χ4v) is 7.74. The molecule has 3 nitrogen and oxygen atoms in total. The smallest absolute Gasteiger partial charge is 0.160 e. The SMILES string of the molecule is CC.CC.CC.Cc1ncccc1-c1cccc(-c2cc(-c3ccc4c(c3)-c3ccccc3C4(C)C)cc(-c3nc(-c4ccccc4)cc(-c4ccccc4)n3)c2)c1. The molecule has 0 saturated heterocycles. The second kappa shape index (κ2) is 18.7. The highest BCUT2D eigenvalue weighted by molar-refractivity contribution is 5.87. The van der Waals surface area contributed by atoms with Gasteiger partial charge in [0.25, 0.3) is 0 Å². The van der Waals surface area contributed by atoms with Crippen molar-refractivity contribution in [2.24, 2.45) is 0 Å². The van der Waals surface area contributed by atoms with Gasteiger partial charge in [-0.15, -0.1) is 0 Å². The van der Waals surface area contributed by atoms with E-state index in [0.29, 0.717) is 5.82 Å². The van der Waals surface area contributed by atoms with Gasteiger partial charge < -0.3 is 0 Å². The van der Waals surface area contributed by atoms with Crippen molar-refractivity contribution >= 4 is 0 Å². The first-order valence-electron chi connectivity index (χ1n) is 20.8. The van der Waals surface area contributed by atoms with Crippen molar-refractivity contribution in [1.82, 2.24) is 15.0 Å². The summed E-state index contributed by atoms with van der Waals surface area (Å²) in [5.41, 5.74) is 17.9. The molecule has 0 aliphatic heterocycles. The van der Waals surface area contributed by atoms with Crippen molar-refractivity contribution in [3.05, 3.63) is 187 Å². The summed E-state index contributed by atoms with van der Waals surface area (Å²) in [5, 5.41) is 0. The van der Waals surface area contributed by atoms with Gasteiger partial charge in [-0.2, -0.15) is 0 Å². The fraction of sp³-hybridized carbons (Fsp3) is 0.182. The lowest BCUT2D eigenvalue weighted by Crippen LogP contribution is -2.14. The van der Waals surface area contributed by atoms with E-state index in [1.54, 1.807) is 0 Å². The number of hydrogen-bond acceptors (Lipinski definition) is 3. The Labute approximate surface area is 346 Å². The van der Waals surface area contributed by atoms with Crippen LogP contribution in [0.3, 0.4) is 0 Å². The maximum atomic E-state index is 5.23. The second-order valence-corrected chi connectivity index (χ2v) is 14.1. The number of rotatable bonds is 6. The summed E-state index contributed by atoms with van der Waals surface area (Å²) in [6, 6.07) is 58.3. The molecule has 3 heteroatoms. The van der Waals surface area contributed by atoms with Crippen molar-refractivity contribution in [1.29, 1.82) is 0 Å². The maximum absolute atomic E-state index is 5.23. The summed E-state index contributed by atoms with van der Waals surface area (Å²) < 4.78 is 0. The summed E-state index contributed by atoms with van der Waals surface area (Å²) in [6.07, 6.45) is 1.85. The van der Waals surface area contributed by atoms with E-state index in [9.17, 15) is 0 Å². The molecule has 0 saturated carbocycles. The highest BCUT2D eigenvalue weighted by Gasteiger charge is 2.35. The zero-order valence-corrected chi connectivity index (χ0v) is 35.5. The first-order chi connectivity index (χ1) is 28.4. The van der Waals surface area contributed by atoms with Gasteiger partial charge in [-0.05, 0) is 99.5 Å². The van der Waals surface area contributed by atoms with Crippen LogP contribution in [0.15, 0.2) is 170 Å². The number of hydrogen-bond donors (Lipinski definition) is 0. The number of aromatic nitrogens is 3. The molecule has 2 aromatic heterocycles. The summed E-state index contributed by atoms with van der Waals surface area (Å²) in [6.45, 7) is 18.7. The van der Waals surface area contributed by atoms with Gasteiger partial charge in [0.2, 0.25) is 0 Å². The molecular formula is C55H55N3. The Morgan fingerprint density at radius 2 is 0.845 bits per heavy atom. The summed E-state index contributed by atoms with van der Waals surface area (Å²) in [4.78, 5) is 15.0. The molecule has 8 aromatic rings. The average molecular weight is 758 g/mol. The van der Waals surface area contributed by atoms with Gasteiger partial charge in [0.15, 0.2) is 5.82 Å². The zero-order valence-electron chi connectivity index (χ0n) is 35.5. The lowest BCUT2D eigenvalue weighted by molar-refractivity contribution is 0.660. The Balaban J connectivity index is 0.000000905. The number of pyridine rings is 1. The average Bonchev–Trinajstić information content (AvgIpc) is 3.54. The molecule has 0 amide bonds. The third-order valence-corrected chi connectivity index (χ3v) is 10.5. The third-order valence-electron chi connectivity index (χ3n) is 10.5. The Kier molecular flexibility index (Phi) is 13.3. The standard InChI is InChI=1S/C49H37N3.3C2H6/c1-32-41(21-13-25-50-32)37-19-12-18-35(26-37)38-27-39(36-23-24-45-43(30-36)42-20-10-11-22-44(42)49(45,2)3)29-40(28-38)48-51-46(33-14-6-4-7-15-33)31-47(52-48)34-16-8-5-9-17-34;3*1-2/h4-31H,1-3H3;3*1-2H3. The van der Waals surface area contributed by atoms with Gasteiger partial charge in [-0.1, -0.05) is 177 Å². The minimum absolute atomic E-state index is 0.0537. The monoisotopic (exact) mass is 757 g/mol. The van der Waals surface area contributed by atoms with Gasteiger partial charge in [0.05, 0.1) is 11.4 Å². The van der Waals surface area contributed by atoms with E-state index < -0.39 is 0 Å². The molecule has 0 atom stereocenters. The van der Waals surface area contributed by atoms with Gasteiger partial charge in [-0.3, -0.25) is 4.98 Å². The first kappa shape index (κ1) is 41.2. The molecule has 9 rings (SSSR count). The maximum Gasteiger partial charge on any atom is 0.160 e. The number of benzene rings is 6. The zero-order chi connectivity index (χ0) is 41.2. The minimum Gasteiger partial charge on any atom is -0.261 e. The Morgan fingerprint density at radius 3 is 1.47 bits per heavy atom. The highest BCUT2D eigenvalue weighted by atomic mass is 14.9. The van der Waals surface area contributed by atoms with Crippen LogP contribution in [-0.4, -0.2) is 15.0 Å². The number of nitrogens with zero attached hydrogens (tertiary/aromatic N) is 3. The quantitative estimate of drug-likeness (QED) is 0.170. The van der Waals surface area contributed by atoms with Crippen LogP contribution in [-0.2, 0) is 5.41 Å². The van der Waals surface area contributed by atoms with Crippen molar-refractivity contribution in [2.75, 3.05) is 0 Å². The second-order valence-electron chi connectivity index (χ2n) is 14.1. The molecule has 2 heterocycles. The highest BCUT2D eigenvalue weighted by Crippen LogP contribution is 2.49. The topological polar surface area (TPSA) is 38.7 Å². The summed E-state index contributed by atoms with van der Waals surface area (Å²) in [5.74, 6) is 0.690. The fourth-order valence-electron chi connectivity index (χ4n) is 7.74. The van der Waals surface area contributed by atoms with E-state index in [-0.39, 0.29) is 5.41 Å². The normalized spacial score (nSPS) is 11.7. The van der Waals surface area contributed by atoms with Gasteiger partial charge >= 0.3 is 0 Å². The third kappa shape index (κ3) is 8.31. The summed E-state index contributed by atoms with van der Waals surface area (Å²) >= 11 is 0. The van der Waals surface area contributed by atoms with E-state index in [2.05, 4.69) is 171 Å². The number of fused-ring (bicyclic) bond motifs is 3. The van der Waals surface area contributed by atoms with Crippen molar-refractivity contribution in [2.45, 2.75) is 67.7 Å². The van der Waals surface area contributed by atoms with Crippen LogP contribution in [0.5, 0.6) is 0 Å². The summed E-state index contributed by atoms with van der Waals surface area (Å²) in [7, 11) is 0. The molecule has 0 radical (unpaired) electrons. The molecule has 6 aromatic carbocycles. The Morgan fingerprint density at radius 1 is 0.362 bits per heavy atom. The van der Waals surface area contributed by atoms with E-state index in [4.69, 9.17) is 9.97 Å². The largest absolute Gasteiger partial charge is 0.261 e. The Hall–Kier alpha value is -6.45. The van der Waals surface area contributed by atoms with Gasteiger partial charge in [-0.25, -0.2) is 9.97 Å². The lowest BCUT2D eigenvalue weighted by Gasteiger charge is -2.21. The van der Waals surface area contributed by atoms with E-state index >= 15 is 0 Å². The molecule has 0 unspecified atom stereocenters. The molecule has 0 bridgehead atoms. The predicted molar refractivity (Wildman–Crippen MR) is 249 cm³/mol. The van der Waals surface area contributed by atoms with Crippen LogP contribution in [0.25, 0.3) is 78.4 Å².